The highest BCUT2D eigenvalue weighted by Gasteiger charge is 2.96. The summed E-state index contributed by atoms with van der Waals surface area (Å²) in [7, 11) is -0.321. The van der Waals surface area contributed by atoms with E-state index in [-0.39, 0.29) is 12.3 Å². The molecule has 122 valence electrons. The Bertz CT molecular complexity index is 725. The molecule has 0 saturated carbocycles. The van der Waals surface area contributed by atoms with Gasteiger partial charge in [0.2, 0.25) is 11.4 Å². The zero-order valence-corrected chi connectivity index (χ0v) is 14.1. The van der Waals surface area contributed by atoms with Crippen LogP contribution in [-0.2, 0) is 14.9 Å². The average Bonchev–Trinajstić information content (AvgIpc) is 3.00. The second-order valence-corrected chi connectivity index (χ2v) is 10.5. The maximum Gasteiger partial charge on any atom is 0.333 e. The van der Waals surface area contributed by atoms with Crippen LogP contribution in [0.1, 0.15) is 19.4 Å². The van der Waals surface area contributed by atoms with Gasteiger partial charge in [0.05, 0.1) is 19.6 Å². The third-order valence-electron chi connectivity index (χ3n) is 5.29. The number of ether oxygens (including phenoxy) is 2. The van der Waals surface area contributed by atoms with E-state index >= 15 is 0 Å². The molecule has 0 radical (unpaired) electrons. The van der Waals surface area contributed by atoms with Gasteiger partial charge in [0.15, 0.2) is 0 Å². The predicted molar refractivity (Wildman–Crippen MR) is 83.7 cm³/mol. The van der Waals surface area contributed by atoms with E-state index in [1.54, 1.807) is 13.1 Å². The number of fused-ring (bicyclic) bond motifs is 1. The van der Waals surface area contributed by atoms with E-state index in [0.717, 1.165) is 12.3 Å². The van der Waals surface area contributed by atoms with Gasteiger partial charge in [-0.05, 0) is 20.8 Å². The number of aliphatic hydroxyl groups is 1. The number of H-pyrrole nitrogens is 1. The number of aromatic amines is 1. The minimum atomic E-state index is -1.78. The van der Waals surface area contributed by atoms with Crippen LogP contribution in [0.2, 0.25) is 0 Å². The van der Waals surface area contributed by atoms with Crippen LogP contribution in [0.5, 0.6) is 0 Å². The van der Waals surface area contributed by atoms with Crippen molar-refractivity contribution in [2.75, 3.05) is 26.0 Å². The number of hydrogen-bond acceptors (Lipinski definition) is 5. The summed E-state index contributed by atoms with van der Waals surface area (Å²) in [6.07, 6.45) is 3.22. The molecule has 0 spiro atoms. The van der Waals surface area contributed by atoms with Crippen molar-refractivity contribution in [1.29, 1.82) is 0 Å². The molecule has 3 heterocycles. The molecule has 2 aliphatic rings. The Morgan fingerprint density at radius 2 is 2.14 bits per heavy atom. The highest BCUT2D eigenvalue weighted by molar-refractivity contribution is 7.84. The maximum atomic E-state index is 12.4. The second kappa shape index (κ2) is 4.74. The van der Waals surface area contributed by atoms with Crippen molar-refractivity contribution >= 4 is 7.26 Å². The molecule has 1 aromatic rings. The Balaban J connectivity index is 2.23. The minimum Gasteiger partial charge on any atom is -0.360 e. The summed E-state index contributed by atoms with van der Waals surface area (Å²) in [5.74, 6) is -1.37. The van der Waals surface area contributed by atoms with Crippen molar-refractivity contribution in [3.05, 3.63) is 32.6 Å². The molecule has 0 aliphatic carbocycles. The van der Waals surface area contributed by atoms with Gasteiger partial charge >= 0.3 is 11.2 Å². The zero-order chi connectivity index (χ0) is 16.3. The summed E-state index contributed by atoms with van der Waals surface area (Å²) in [5.41, 5.74) is -1.54. The first-order valence-electron chi connectivity index (χ1n) is 7.44. The molecular weight excluding hydrogens is 307 g/mol. The summed E-state index contributed by atoms with van der Waals surface area (Å²) in [4.78, 5) is 26.3. The number of aromatic nitrogens is 2. The standard InChI is InChI=1S/C14H21N2O5P/c1-5-22(6-2)11-13(19,20-4)8-21-14(11,22)16-7-9(3)10(17)15-12(16)18/h7,11,19H,5-6,8H2,1-4H3/p+1/t11-,13+,14+/m1/s1. The molecule has 2 fully saturated rings. The van der Waals surface area contributed by atoms with Crippen molar-refractivity contribution < 1.29 is 14.6 Å². The normalized spacial score (nSPS) is 35.4. The summed E-state index contributed by atoms with van der Waals surface area (Å²) >= 11 is 0. The van der Waals surface area contributed by atoms with Crippen molar-refractivity contribution in [1.82, 2.24) is 9.55 Å². The van der Waals surface area contributed by atoms with E-state index in [2.05, 4.69) is 18.8 Å². The van der Waals surface area contributed by atoms with Crippen LogP contribution in [0, 0.1) is 6.92 Å². The third-order valence-corrected chi connectivity index (χ3v) is 10.9. The molecule has 0 amide bonds. The highest BCUT2D eigenvalue weighted by Crippen LogP contribution is 2.96. The van der Waals surface area contributed by atoms with Crippen LogP contribution in [-0.4, -0.2) is 52.1 Å². The first kappa shape index (κ1) is 15.9. The predicted octanol–water partition coefficient (Wildman–Crippen LogP) is 0.260. The van der Waals surface area contributed by atoms with Crippen LogP contribution in [0.3, 0.4) is 0 Å². The smallest absolute Gasteiger partial charge is 0.333 e. The lowest BCUT2D eigenvalue weighted by atomic mass is 10.2. The molecule has 1 aromatic heterocycles. The van der Waals surface area contributed by atoms with Gasteiger partial charge in [0, 0.05) is 18.9 Å². The summed E-state index contributed by atoms with van der Waals surface area (Å²) < 4.78 is 12.8. The number of nitrogens with one attached hydrogen (secondary N) is 1. The fourth-order valence-corrected chi connectivity index (χ4v) is 9.87. The lowest BCUT2D eigenvalue weighted by Gasteiger charge is -2.24. The van der Waals surface area contributed by atoms with E-state index in [1.807, 2.05) is 0 Å². The van der Waals surface area contributed by atoms with E-state index in [0.29, 0.717) is 5.56 Å². The van der Waals surface area contributed by atoms with Crippen molar-refractivity contribution in [2.24, 2.45) is 0 Å². The van der Waals surface area contributed by atoms with Crippen molar-refractivity contribution in [2.45, 2.75) is 37.7 Å². The van der Waals surface area contributed by atoms with Gasteiger partial charge in [-0.1, -0.05) is 0 Å². The summed E-state index contributed by atoms with van der Waals surface area (Å²) in [6.45, 7) is 5.79. The van der Waals surface area contributed by atoms with Gasteiger partial charge in [-0.2, -0.15) is 0 Å². The number of aryl methyl sites for hydroxylation is 1. The van der Waals surface area contributed by atoms with Crippen molar-refractivity contribution in [3.8, 4) is 0 Å². The van der Waals surface area contributed by atoms with Crippen LogP contribution < -0.4 is 11.2 Å². The van der Waals surface area contributed by atoms with Crippen LogP contribution >= 0.6 is 7.26 Å². The Morgan fingerprint density at radius 1 is 1.50 bits per heavy atom. The Morgan fingerprint density at radius 3 is 2.68 bits per heavy atom. The molecule has 7 nitrogen and oxygen atoms in total. The quantitative estimate of drug-likeness (QED) is 0.610. The second-order valence-electron chi connectivity index (χ2n) is 6.01. The number of methoxy groups -OCH3 is 1. The van der Waals surface area contributed by atoms with Crippen LogP contribution in [0.4, 0.5) is 0 Å². The Hall–Kier alpha value is -1.01. The molecular formula is C14H22N2O5P+. The topological polar surface area (TPSA) is 93.6 Å². The molecule has 8 heteroatoms. The average molecular weight is 329 g/mol. The first-order chi connectivity index (χ1) is 10.3. The van der Waals surface area contributed by atoms with E-state index in [1.165, 1.54) is 11.7 Å². The van der Waals surface area contributed by atoms with Gasteiger partial charge in [-0.15, -0.1) is 0 Å². The first-order valence-corrected chi connectivity index (χ1v) is 9.67. The van der Waals surface area contributed by atoms with Crippen molar-refractivity contribution in [3.63, 3.8) is 0 Å². The van der Waals surface area contributed by atoms with Crippen LogP contribution in [0.25, 0.3) is 0 Å². The molecule has 0 unspecified atom stereocenters. The largest absolute Gasteiger partial charge is 0.360 e. The fourth-order valence-electron chi connectivity index (χ4n) is 4.09. The molecule has 22 heavy (non-hydrogen) atoms. The summed E-state index contributed by atoms with van der Waals surface area (Å²) in [5, 5.41) is 10.7. The SMILES string of the molecule is CC[P+]1(CC)[C@H]2[C@]1(n1cc(C)c(=O)[nH]c1=O)OC[C@]2(O)OC. The van der Waals surface area contributed by atoms with Gasteiger partial charge < -0.3 is 14.6 Å². The van der Waals surface area contributed by atoms with E-state index < -0.39 is 29.8 Å². The fraction of sp³-hybridized carbons (Fsp3) is 0.714. The monoisotopic (exact) mass is 329 g/mol. The Kier molecular flexibility index (Phi) is 3.42. The molecule has 2 saturated heterocycles. The van der Waals surface area contributed by atoms with E-state index in [9.17, 15) is 14.7 Å². The Labute approximate surface area is 128 Å². The summed E-state index contributed by atoms with van der Waals surface area (Å²) in [6, 6.07) is 0. The van der Waals surface area contributed by atoms with Gasteiger partial charge in [-0.25, -0.2) is 9.36 Å². The third kappa shape index (κ3) is 1.60. The minimum absolute atomic E-state index is 0.0283. The lowest BCUT2D eigenvalue weighted by molar-refractivity contribution is -0.180. The van der Waals surface area contributed by atoms with Gasteiger partial charge in [-0.3, -0.25) is 9.78 Å². The molecule has 0 bridgehead atoms. The van der Waals surface area contributed by atoms with Crippen LogP contribution in [0.15, 0.2) is 15.8 Å². The maximum absolute atomic E-state index is 12.4. The molecule has 2 aliphatic heterocycles. The number of nitrogens with zero attached hydrogens (tertiary/aromatic N) is 1. The molecule has 3 rings (SSSR count). The van der Waals surface area contributed by atoms with Gasteiger partial charge in [0.25, 0.3) is 5.56 Å². The number of hydrogen-bond donors (Lipinski definition) is 2. The molecule has 0 aromatic carbocycles. The van der Waals surface area contributed by atoms with E-state index in [4.69, 9.17) is 9.47 Å². The van der Waals surface area contributed by atoms with Gasteiger partial charge in [0.1, 0.15) is 6.61 Å². The number of rotatable bonds is 4. The lowest BCUT2D eigenvalue weighted by Crippen LogP contribution is -2.40. The zero-order valence-electron chi connectivity index (χ0n) is 13.3. The highest BCUT2D eigenvalue weighted by atomic mass is 31.2. The molecule has 3 atom stereocenters. The molecule has 2 N–H and O–H groups in total.